The number of rotatable bonds is 5. The summed E-state index contributed by atoms with van der Waals surface area (Å²) in [7, 11) is 0. The van der Waals surface area contributed by atoms with Crippen molar-refractivity contribution in [3.63, 3.8) is 0 Å². The van der Waals surface area contributed by atoms with Crippen LogP contribution in [0.1, 0.15) is 23.7 Å². The van der Waals surface area contributed by atoms with Gasteiger partial charge in [-0.1, -0.05) is 12.2 Å². The Balaban J connectivity index is 3.03. The van der Waals surface area contributed by atoms with Gasteiger partial charge in [0.1, 0.15) is 12.4 Å². The van der Waals surface area contributed by atoms with E-state index in [1.165, 1.54) is 0 Å². The number of hydrogen-bond donors (Lipinski definition) is 2. The minimum atomic E-state index is -0.162. The number of aromatic nitrogens is 1. The van der Waals surface area contributed by atoms with Crippen molar-refractivity contribution in [3.05, 3.63) is 35.2 Å². The number of nitrogens with zero attached hydrogens (tertiary/aromatic N) is 1. The second-order valence-electron chi connectivity index (χ2n) is 3.37. The molecule has 1 aromatic rings. The van der Waals surface area contributed by atoms with Crippen molar-refractivity contribution in [1.29, 1.82) is 0 Å². The monoisotopic (exact) mass is 223 g/mol. The van der Waals surface area contributed by atoms with Gasteiger partial charge in [-0.3, -0.25) is 4.98 Å². The van der Waals surface area contributed by atoms with Gasteiger partial charge >= 0.3 is 0 Å². The van der Waals surface area contributed by atoms with Gasteiger partial charge in [0, 0.05) is 17.3 Å². The maximum atomic E-state index is 9.27. The fraction of sp³-hybridized carbons (Fsp3) is 0.417. The molecule has 0 bridgehead atoms. The fourth-order valence-electron chi connectivity index (χ4n) is 1.40. The van der Waals surface area contributed by atoms with Crippen LogP contribution >= 0.6 is 0 Å². The van der Waals surface area contributed by atoms with Crippen molar-refractivity contribution < 1.29 is 14.9 Å². The first-order valence-electron chi connectivity index (χ1n) is 5.17. The van der Waals surface area contributed by atoms with Crippen LogP contribution in [0.15, 0.2) is 18.3 Å². The van der Waals surface area contributed by atoms with Crippen molar-refractivity contribution in [1.82, 2.24) is 4.98 Å². The number of allylic oxidation sites excluding steroid dienone is 1. The smallest absolute Gasteiger partial charge is 0.146 e. The Hall–Kier alpha value is -1.39. The van der Waals surface area contributed by atoms with Gasteiger partial charge in [0.05, 0.1) is 18.9 Å². The second-order valence-corrected chi connectivity index (χ2v) is 3.37. The Kier molecular flexibility index (Phi) is 4.95. The molecule has 1 aromatic heterocycles. The van der Waals surface area contributed by atoms with Gasteiger partial charge in [-0.15, -0.1) is 0 Å². The lowest BCUT2D eigenvalue weighted by Crippen LogP contribution is -2.05. The van der Waals surface area contributed by atoms with E-state index < -0.39 is 0 Å². The topological polar surface area (TPSA) is 62.6 Å². The van der Waals surface area contributed by atoms with E-state index in [9.17, 15) is 5.11 Å². The highest BCUT2D eigenvalue weighted by Crippen LogP contribution is 2.25. The molecule has 0 fully saturated rings. The van der Waals surface area contributed by atoms with E-state index in [2.05, 4.69) is 4.98 Å². The molecule has 4 heteroatoms. The Morgan fingerprint density at radius 2 is 2.12 bits per heavy atom. The lowest BCUT2D eigenvalue weighted by Gasteiger charge is -2.13. The quantitative estimate of drug-likeness (QED) is 0.739. The lowest BCUT2D eigenvalue weighted by molar-refractivity contribution is 0.250. The molecule has 16 heavy (non-hydrogen) atoms. The summed E-state index contributed by atoms with van der Waals surface area (Å²) >= 11 is 0. The van der Waals surface area contributed by atoms with Gasteiger partial charge in [0.15, 0.2) is 0 Å². The Morgan fingerprint density at radius 3 is 2.69 bits per heavy atom. The molecule has 0 aliphatic carbocycles. The standard InChI is InChI=1S/C12H17NO3/c1-3-4-5-16-12-9(2)13-6-10(7-14)11(12)8-15/h3-4,6,14-15H,5,7-8H2,1-2H3. The molecule has 0 radical (unpaired) electrons. The van der Waals surface area contributed by atoms with E-state index in [-0.39, 0.29) is 13.2 Å². The van der Waals surface area contributed by atoms with Crippen LogP contribution in [-0.2, 0) is 13.2 Å². The zero-order valence-corrected chi connectivity index (χ0v) is 9.60. The van der Waals surface area contributed by atoms with Gasteiger partial charge < -0.3 is 14.9 Å². The summed E-state index contributed by atoms with van der Waals surface area (Å²) in [5.74, 6) is 0.562. The summed E-state index contributed by atoms with van der Waals surface area (Å²) < 4.78 is 5.52. The molecule has 0 saturated carbocycles. The third kappa shape index (κ3) is 2.81. The van der Waals surface area contributed by atoms with Crippen LogP contribution in [0.25, 0.3) is 0 Å². The molecule has 4 nitrogen and oxygen atoms in total. The molecule has 1 heterocycles. The van der Waals surface area contributed by atoms with Crippen LogP contribution in [0.5, 0.6) is 5.75 Å². The van der Waals surface area contributed by atoms with Crippen LogP contribution in [0.3, 0.4) is 0 Å². The molecule has 0 aromatic carbocycles. The lowest BCUT2D eigenvalue weighted by atomic mass is 10.1. The maximum absolute atomic E-state index is 9.27. The molecule has 0 atom stereocenters. The van der Waals surface area contributed by atoms with Crippen LogP contribution in [0, 0.1) is 6.92 Å². The average Bonchev–Trinajstić information content (AvgIpc) is 2.31. The van der Waals surface area contributed by atoms with E-state index >= 15 is 0 Å². The second kappa shape index (κ2) is 6.25. The van der Waals surface area contributed by atoms with E-state index in [1.54, 1.807) is 6.20 Å². The molecular formula is C12H17NO3. The van der Waals surface area contributed by atoms with Crippen LogP contribution < -0.4 is 4.74 Å². The predicted molar refractivity (Wildman–Crippen MR) is 61.1 cm³/mol. The van der Waals surface area contributed by atoms with Gasteiger partial charge in [-0.2, -0.15) is 0 Å². The van der Waals surface area contributed by atoms with Gasteiger partial charge in [0.2, 0.25) is 0 Å². The highest BCUT2D eigenvalue weighted by Gasteiger charge is 2.12. The number of aliphatic hydroxyl groups excluding tert-OH is 2. The summed E-state index contributed by atoms with van der Waals surface area (Å²) in [5.41, 5.74) is 1.92. The van der Waals surface area contributed by atoms with Crippen molar-refractivity contribution in [2.24, 2.45) is 0 Å². The van der Waals surface area contributed by atoms with Crippen molar-refractivity contribution in [3.8, 4) is 5.75 Å². The summed E-state index contributed by atoms with van der Waals surface area (Å²) in [5, 5.41) is 18.4. The maximum Gasteiger partial charge on any atom is 0.146 e. The predicted octanol–water partition coefficient (Wildman–Crippen LogP) is 1.33. The number of aryl methyl sites for hydroxylation is 1. The molecule has 0 saturated heterocycles. The van der Waals surface area contributed by atoms with E-state index in [0.717, 1.165) is 0 Å². The normalized spacial score (nSPS) is 11.0. The average molecular weight is 223 g/mol. The number of aliphatic hydroxyl groups is 2. The van der Waals surface area contributed by atoms with Crippen LogP contribution in [0.4, 0.5) is 0 Å². The first-order chi connectivity index (χ1) is 7.74. The number of pyridine rings is 1. The largest absolute Gasteiger partial charge is 0.487 e. The van der Waals surface area contributed by atoms with Crippen molar-refractivity contribution in [2.75, 3.05) is 6.61 Å². The van der Waals surface area contributed by atoms with E-state index in [0.29, 0.717) is 29.2 Å². The molecule has 0 unspecified atom stereocenters. The molecule has 0 aliphatic heterocycles. The molecule has 2 N–H and O–H groups in total. The minimum absolute atomic E-state index is 0.150. The molecular weight excluding hydrogens is 206 g/mol. The van der Waals surface area contributed by atoms with E-state index in [1.807, 2.05) is 26.0 Å². The first-order valence-corrected chi connectivity index (χ1v) is 5.17. The highest BCUT2D eigenvalue weighted by molar-refractivity contribution is 5.41. The molecule has 0 amide bonds. The van der Waals surface area contributed by atoms with Gasteiger partial charge in [-0.25, -0.2) is 0 Å². The number of ether oxygens (including phenoxy) is 1. The summed E-state index contributed by atoms with van der Waals surface area (Å²) in [4.78, 5) is 4.12. The first kappa shape index (κ1) is 12.7. The SMILES string of the molecule is CC=CCOc1c(C)ncc(CO)c1CO. The summed E-state index contributed by atoms with van der Waals surface area (Å²) in [6.45, 7) is 3.84. The molecule has 0 aliphatic rings. The van der Waals surface area contributed by atoms with Gasteiger partial charge in [-0.05, 0) is 13.8 Å². The fourth-order valence-corrected chi connectivity index (χ4v) is 1.40. The van der Waals surface area contributed by atoms with E-state index in [4.69, 9.17) is 9.84 Å². The van der Waals surface area contributed by atoms with Crippen LogP contribution in [-0.4, -0.2) is 21.8 Å². The molecule has 88 valence electrons. The van der Waals surface area contributed by atoms with Crippen molar-refractivity contribution >= 4 is 0 Å². The Labute approximate surface area is 95.2 Å². The minimum Gasteiger partial charge on any atom is -0.487 e. The van der Waals surface area contributed by atoms with Crippen molar-refractivity contribution in [2.45, 2.75) is 27.1 Å². The zero-order chi connectivity index (χ0) is 12.0. The Bertz CT molecular complexity index is 375. The molecule has 1 rings (SSSR count). The highest BCUT2D eigenvalue weighted by atomic mass is 16.5. The molecule has 0 spiro atoms. The van der Waals surface area contributed by atoms with Crippen LogP contribution in [0.2, 0.25) is 0 Å². The Morgan fingerprint density at radius 1 is 1.38 bits per heavy atom. The third-order valence-corrected chi connectivity index (χ3v) is 2.29. The summed E-state index contributed by atoms with van der Waals surface area (Å²) in [6, 6.07) is 0. The summed E-state index contributed by atoms with van der Waals surface area (Å²) in [6.07, 6.45) is 5.31. The number of hydrogen-bond acceptors (Lipinski definition) is 4. The van der Waals surface area contributed by atoms with Gasteiger partial charge in [0.25, 0.3) is 0 Å². The third-order valence-electron chi connectivity index (χ3n) is 2.29. The zero-order valence-electron chi connectivity index (χ0n) is 9.60.